The van der Waals surface area contributed by atoms with Crippen molar-refractivity contribution in [1.82, 2.24) is 4.98 Å². The molecule has 1 heterocycles. The average Bonchev–Trinajstić information content (AvgIpc) is 3.05. The van der Waals surface area contributed by atoms with Gasteiger partial charge in [-0.3, -0.25) is 0 Å². The van der Waals surface area contributed by atoms with Crippen LogP contribution in [0.3, 0.4) is 0 Å². The highest BCUT2D eigenvalue weighted by molar-refractivity contribution is 6.08. The minimum atomic E-state index is 0.247. The fraction of sp³-hybridized carbons (Fsp3) is 0.100. The van der Waals surface area contributed by atoms with E-state index < -0.39 is 0 Å². The molecular formula is C20H17NO3. The summed E-state index contributed by atoms with van der Waals surface area (Å²) in [5.74, 6) is 1.82. The zero-order valence-corrected chi connectivity index (χ0v) is 13.5. The number of H-pyrrole nitrogens is 1. The summed E-state index contributed by atoms with van der Waals surface area (Å²) in [5.41, 5.74) is 2.66. The number of aromatic amines is 1. The number of methoxy groups -OCH3 is 2. The molecule has 0 aliphatic rings. The van der Waals surface area contributed by atoms with E-state index in [1.54, 1.807) is 20.3 Å². The van der Waals surface area contributed by atoms with Gasteiger partial charge in [-0.25, -0.2) is 0 Å². The molecule has 0 saturated heterocycles. The lowest BCUT2D eigenvalue weighted by molar-refractivity contribution is 0.415. The molecule has 120 valence electrons. The van der Waals surface area contributed by atoms with E-state index in [9.17, 15) is 5.11 Å². The maximum atomic E-state index is 10.5. The predicted molar refractivity (Wildman–Crippen MR) is 96.0 cm³/mol. The van der Waals surface area contributed by atoms with Crippen molar-refractivity contribution in [3.8, 4) is 28.4 Å². The van der Waals surface area contributed by atoms with E-state index in [1.807, 2.05) is 48.7 Å². The lowest BCUT2D eigenvalue weighted by atomic mass is 9.96. The van der Waals surface area contributed by atoms with Gasteiger partial charge in [-0.05, 0) is 41.1 Å². The van der Waals surface area contributed by atoms with E-state index in [-0.39, 0.29) is 5.75 Å². The number of rotatable bonds is 3. The number of para-hydroxylation sites is 1. The Bertz CT molecular complexity index is 1050. The molecule has 0 bridgehead atoms. The summed E-state index contributed by atoms with van der Waals surface area (Å²) in [4.78, 5) is 3.26. The van der Waals surface area contributed by atoms with Crippen LogP contribution in [0.2, 0.25) is 0 Å². The standard InChI is InChI=1S/C20H17NO3/c1-23-13-7-8-14-12(10-13)6-9-17(22)19(14)16-11-21-20-15(16)4-3-5-18(20)24-2/h3-11,21-22H,1-2H3. The molecule has 0 amide bonds. The minimum absolute atomic E-state index is 0.247. The Balaban J connectivity index is 2.05. The van der Waals surface area contributed by atoms with Crippen molar-refractivity contribution in [3.05, 3.63) is 54.7 Å². The van der Waals surface area contributed by atoms with Crippen molar-refractivity contribution in [3.63, 3.8) is 0 Å². The molecule has 4 aromatic rings. The highest BCUT2D eigenvalue weighted by Crippen LogP contribution is 2.42. The molecule has 0 unspecified atom stereocenters. The number of hydrogen-bond acceptors (Lipinski definition) is 3. The van der Waals surface area contributed by atoms with Crippen LogP contribution in [-0.2, 0) is 0 Å². The molecule has 2 N–H and O–H groups in total. The molecule has 4 rings (SSSR count). The molecule has 1 aromatic heterocycles. The Morgan fingerprint density at radius 3 is 2.58 bits per heavy atom. The number of ether oxygens (including phenoxy) is 2. The van der Waals surface area contributed by atoms with E-state index in [1.165, 1.54) is 0 Å². The summed E-state index contributed by atoms with van der Waals surface area (Å²) < 4.78 is 10.7. The summed E-state index contributed by atoms with van der Waals surface area (Å²) in [6, 6.07) is 15.3. The summed E-state index contributed by atoms with van der Waals surface area (Å²) in [6.07, 6.45) is 1.91. The average molecular weight is 319 g/mol. The fourth-order valence-corrected chi connectivity index (χ4v) is 3.21. The van der Waals surface area contributed by atoms with Gasteiger partial charge in [0.25, 0.3) is 0 Å². The number of phenolic OH excluding ortho intramolecular Hbond substituents is 1. The van der Waals surface area contributed by atoms with Gasteiger partial charge in [-0.1, -0.05) is 18.2 Å². The predicted octanol–water partition coefficient (Wildman–Crippen LogP) is 4.71. The summed E-state index contributed by atoms with van der Waals surface area (Å²) in [5, 5.41) is 13.5. The number of hydrogen-bond donors (Lipinski definition) is 2. The first-order valence-corrected chi connectivity index (χ1v) is 7.67. The molecule has 0 aliphatic heterocycles. The van der Waals surface area contributed by atoms with Gasteiger partial charge in [-0.15, -0.1) is 0 Å². The molecule has 0 atom stereocenters. The third-order valence-corrected chi connectivity index (χ3v) is 4.37. The first kappa shape index (κ1) is 14.5. The first-order valence-electron chi connectivity index (χ1n) is 7.67. The molecule has 0 fully saturated rings. The van der Waals surface area contributed by atoms with Crippen molar-refractivity contribution in [2.45, 2.75) is 0 Å². The molecule has 3 aromatic carbocycles. The largest absolute Gasteiger partial charge is 0.507 e. The van der Waals surface area contributed by atoms with E-state index >= 15 is 0 Å². The number of phenols is 1. The van der Waals surface area contributed by atoms with Crippen molar-refractivity contribution in [2.24, 2.45) is 0 Å². The van der Waals surface area contributed by atoms with E-state index in [0.29, 0.717) is 0 Å². The second-order valence-corrected chi connectivity index (χ2v) is 5.63. The fourth-order valence-electron chi connectivity index (χ4n) is 3.21. The second kappa shape index (κ2) is 5.49. The van der Waals surface area contributed by atoms with Crippen LogP contribution < -0.4 is 9.47 Å². The number of fused-ring (bicyclic) bond motifs is 2. The quantitative estimate of drug-likeness (QED) is 0.575. The first-order chi connectivity index (χ1) is 11.7. The van der Waals surface area contributed by atoms with Crippen molar-refractivity contribution < 1.29 is 14.6 Å². The Labute approximate surface area is 139 Å². The molecular weight excluding hydrogens is 302 g/mol. The molecule has 4 nitrogen and oxygen atoms in total. The van der Waals surface area contributed by atoms with Crippen LogP contribution in [0.25, 0.3) is 32.8 Å². The molecule has 24 heavy (non-hydrogen) atoms. The minimum Gasteiger partial charge on any atom is -0.507 e. The van der Waals surface area contributed by atoms with Crippen LogP contribution in [0.1, 0.15) is 0 Å². The lowest BCUT2D eigenvalue weighted by Crippen LogP contribution is -1.86. The van der Waals surface area contributed by atoms with Gasteiger partial charge in [0, 0.05) is 22.7 Å². The number of aromatic nitrogens is 1. The van der Waals surface area contributed by atoms with E-state index in [0.717, 1.165) is 44.3 Å². The third-order valence-electron chi connectivity index (χ3n) is 4.37. The number of aromatic hydroxyl groups is 1. The molecule has 0 saturated carbocycles. The van der Waals surface area contributed by atoms with Gasteiger partial charge in [-0.2, -0.15) is 0 Å². The van der Waals surface area contributed by atoms with Crippen LogP contribution in [0.5, 0.6) is 17.2 Å². The molecule has 4 heteroatoms. The maximum absolute atomic E-state index is 10.5. The second-order valence-electron chi connectivity index (χ2n) is 5.63. The summed E-state index contributed by atoms with van der Waals surface area (Å²) in [6.45, 7) is 0. The van der Waals surface area contributed by atoms with E-state index in [2.05, 4.69) is 4.98 Å². The third kappa shape index (κ3) is 2.07. The van der Waals surface area contributed by atoms with Gasteiger partial charge < -0.3 is 19.6 Å². The van der Waals surface area contributed by atoms with Gasteiger partial charge >= 0.3 is 0 Å². The monoisotopic (exact) mass is 319 g/mol. The van der Waals surface area contributed by atoms with Crippen LogP contribution >= 0.6 is 0 Å². The highest BCUT2D eigenvalue weighted by Gasteiger charge is 2.15. The number of nitrogens with one attached hydrogen (secondary N) is 1. The topological polar surface area (TPSA) is 54.5 Å². The smallest absolute Gasteiger partial charge is 0.142 e. The maximum Gasteiger partial charge on any atom is 0.142 e. The summed E-state index contributed by atoms with van der Waals surface area (Å²) in [7, 11) is 3.30. The van der Waals surface area contributed by atoms with Gasteiger partial charge in [0.2, 0.25) is 0 Å². The zero-order valence-electron chi connectivity index (χ0n) is 13.5. The summed E-state index contributed by atoms with van der Waals surface area (Å²) >= 11 is 0. The van der Waals surface area contributed by atoms with Crippen molar-refractivity contribution in [2.75, 3.05) is 14.2 Å². The molecule has 0 aliphatic carbocycles. The molecule has 0 spiro atoms. The van der Waals surface area contributed by atoms with Crippen molar-refractivity contribution in [1.29, 1.82) is 0 Å². The Kier molecular flexibility index (Phi) is 3.31. The zero-order chi connectivity index (χ0) is 16.7. The lowest BCUT2D eigenvalue weighted by Gasteiger charge is -2.10. The Hall–Kier alpha value is -3.14. The van der Waals surface area contributed by atoms with Gasteiger partial charge in [0.15, 0.2) is 0 Å². The normalized spacial score (nSPS) is 11.1. The number of benzene rings is 3. The van der Waals surface area contributed by atoms with Gasteiger partial charge in [0.1, 0.15) is 17.2 Å². The van der Waals surface area contributed by atoms with Crippen LogP contribution in [0.4, 0.5) is 0 Å². The Morgan fingerprint density at radius 2 is 1.79 bits per heavy atom. The van der Waals surface area contributed by atoms with Crippen molar-refractivity contribution >= 4 is 21.7 Å². The van der Waals surface area contributed by atoms with E-state index in [4.69, 9.17) is 9.47 Å². The van der Waals surface area contributed by atoms with Crippen LogP contribution in [-0.4, -0.2) is 24.3 Å². The van der Waals surface area contributed by atoms with Crippen LogP contribution in [0, 0.1) is 0 Å². The van der Waals surface area contributed by atoms with Crippen LogP contribution in [0.15, 0.2) is 54.7 Å². The molecule has 0 radical (unpaired) electrons. The Morgan fingerprint density at radius 1 is 0.917 bits per heavy atom. The highest BCUT2D eigenvalue weighted by atomic mass is 16.5. The van der Waals surface area contributed by atoms with Gasteiger partial charge in [0.05, 0.1) is 19.7 Å². The SMILES string of the molecule is COc1ccc2c(-c3c[nH]c4c(OC)cccc34)c(O)ccc2c1.